The van der Waals surface area contributed by atoms with Crippen molar-refractivity contribution in [2.24, 2.45) is 5.92 Å². The summed E-state index contributed by atoms with van der Waals surface area (Å²) in [7, 11) is 0. The van der Waals surface area contributed by atoms with Gasteiger partial charge in [0.15, 0.2) is 0 Å². The molecular weight excluding hydrogens is 264 g/mol. The normalized spacial score (nSPS) is 15.5. The van der Waals surface area contributed by atoms with Gasteiger partial charge in [-0.25, -0.2) is 0 Å². The van der Waals surface area contributed by atoms with Crippen LogP contribution in [0.3, 0.4) is 0 Å². The molecule has 1 aliphatic carbocycles. The lowest BCUT2D eigenvalue weighted by molar-refractivity contribution is -0.128. The Bertz CT molecular complexity index is 476. The van der Waals surface area contributed by atoms with E-state index in [2.05, 4.69) is 17.6 Å². The van der Waals surface area contributed by atoms with Crippen molar-refractivity contribution >= 4 is 17.5 Å². The molecule has 0 bridgehead atoms. The van der Waals surface area contributed by atoms with E-state index < -0.39 is 0 Å². The van der Waals surface area contributed by atoms with Gasteiger partial charge in [-0.3, -0.25) is 9.59 Å². The lowest BCUT2D eigenvalue weighted by Crippen LogP contribution is -2.37. The Hall–Kier alpha value is -1.84. The number of carbonyl (C=O) groups excluding carboxylic acids is 2. The van der Waals surface area contributed by atoms with Gasteiger partial charge in [-0.15, -0.1) is 0 Å². The van der Waals surface area contributed by atoms with Gasteiger partial charge in [0.05, 0.1) is 6.54 Å². The number of amides is 2. The molecule has 2 N–H and O–H groups in total. The van der Waals surface area contributed by atoms with Crippen LogP contribution in [0.25, 0.3) is 0 Å². The highest BCUT2D eigenvalue weighted by atomic mass is 16.2. The number of hydrogen-bond acceptors (Lipinski definition) is 2. The highest BCUT2D eigenvalue weighted by Crippen LogP contribution is 2.23. The van der Waals surface area contributed by atoms with Gasteiger partial charge in [0, 0.05) is 11.6 Å². The fraction of sp³-hybridized carbons (Fsp3) is 0.529. The molecule has 0 aromatic heterocycles. The summed E-state index contributed by atoms with van der Waals surface area (Å²) in [4.78, 5) is 23.8. The van der Waals surface area contributed by atoms with E-state index in [1.54, 1.807) is 0 Å². The first-order valence-corrected chi connectivity index (χ1v) is 7.85. The Balaban J connectivity index is 1.74. The predicted molar refractivity (Wildman–Crippen MR) is 84.0 cm³/mol. The second-order valence-electron chi connectivity index (χ2n) is 5.65. The van der Waals surface area contributed by atoms with Crippen molar-refractivity contribution in [3.63, 3.8) is 0 Å². The molecule has 1 aliphatic rings. The highest BCUT2D eigenvalue weighted by molar-refractivity contribution is 5.94. The quantitative estimate of drug-likeness (QED) is 0.875. The minimum absolute atomic E-state index is 0.0196. The largest absolute Gasteiger partial charge is 0.347 e. The molecule has 4 heteroatoms. The Labute approximate surface area is 126 Å². The summed E-state index contributed by atoms with van der Waals surface area (Å²) in [6, 6.07) is 7.77. The number of benzene rings is 1. The number of nitrogens with one attached hydrogen (secondary N) is 2. The molecule has 0 heterocycles. The van der Waals surface area contributed by atoms with Crippen molar-refractivity contribution in [3.8, 4) is 0 Å². The zero-order valence-corrected chi connectivity index (χ0v) is 12.7. The van der Waals surface area contributed by atoms with Crippen LogP contribution >= 0.6 is 0 Å². The number of aryl methyl sites for hydroxylation is 1. The lowest BCUT2D eigenvalue weighted by atomic mass is 9.89. The molecule has 114 valence electrons. The van der Waals surface area contributed by atoms with E-state index in [0.29, 0.717) is 0 Å². The van der Waals surface area contributed by atoms with Crippen molar-refractivity contribution in [2.75, 3.05) is 11.9 Å². The maximum atomic E-state index is 11.9. The molecule has 2 rings (SSSR count). The fourth-order valence-corrected chi connectivity index (χ4v) is 2.71. The number of rotatable bonds is 5. The molecule has 0 saturated heterocycles. The van der Waals surface area contributed by atoms with Gasteiger partial charge in [-0.2, -0.15) is 0 Å². The van der Waals surface area contributed by atoms with Crippen molar-refractivity contribution in [2.45, 2.75) is 45.4 Å². The topological polar surface area (TPSA) is 58.2 Å². The maximum absolute atomic E-state index is 11.9. The first kappa shape index (κ1) is 15.5. The van der Waals surface area contributed by atoms with Crippen LogP contribution in [0.5, 0.6) is 0 Å². The minimum atomic E-state index is -0.177. The van der Waals surface area contributed by atoms with Crippen molar-refractivity contribution in [1.29, 1.82) is 0 Å². The van der Waals surface area contributed by atoms with E-state index in [9.17, 15) is 9.59 Å². The zero-order valence-electron chi connectivity index (χ0n) is 12.7. The molecule has 1 aromatic carbocycles. The smallest absolute Gasteiger partial charge is 0.243 e. The lowest BCUT2D eigenvalue weighted by Gasteiger charge is -2.20. The van der Waals surface area contributed by atoms with Crippen LogP contribution in [0.15, 0.2) is 24.3 Å². The second-order valence-corrected chi connectivity index (χ2v) is 5.65. The highest BCUT2D eigenvalue weighted by Gasteiger charge is 2.21. The molecule has 1 aromatic rings. The molecule has 21 heavy (non-hydrogen) atoms. The molecule has 0 radical (unpaired) electrons. The van der Waals surface area contributed by atoms with Crippen LogP contribution in [0, 0.1) is 5.92 Å². The standard InChI is InChI=1S/C17H24N2O2/c1-2-13-8-10-15(11-9-13)19-16(20)12-18-17(21)14-6-4-3-5-7-14/h8-11,14H,2-7,12H2,1H3,(H,18,21)(H,19,20). The Morgan fingerprint density at radius 3 is 2.38 bits per heavy atom. The average Bonchev–Trinajstić information content (AvgIpc) is 2.54. The van der Waals surface area contributed by atoms with E-state index in [-0.39, 0.29) is 24.3 Å². The van der Waals surface area contributed by atoms with Gasteiger partial charge in [0.1, 0.15) is 0 Å². The summed E-state index contributed by atoms with van der Waals surface area (Å²) in [5, 5.41) is 5.54. The third-order valence-corrected chi connectivity index (χ3v) is 4.05. The molecule has 0 atom stereocenters. The average molecular weight is 288 g/mol. The molecule has 0 unspecified atom stereocenters. The molecular formula is C17H24N2O2. The van der Waals surface area contributed by atoms with Crippen LogP contribution in [0.2, 0.25) is 0 Å². The van der Waals surface area contributed by atoms with Gasteiger partial charge < -0.3 is 10.6 Å². The summed E-state index contributed by atoms with van der Waals surface area (Å²) in [5.74, 6) is -0.0648. The van der Waals surface area contributed by atoms with Crippen molar-refractivity contribution in [3.05, 3.63) is 29.8 Å². The molecule has 1 fully saturated rings. The first-order chi connectivity index (χ1) is 10.2. The van der Waals surface area contributed by atoms with Crippen molar-refractivity contribution in [1.82, 2.24) is 5.32 Å². The summed E-state index contributed by atoms with van der Waals surface area (Å²) in [6.45, 7) is 2.14. The summed E-state index contributed by atoms with van der Waals surface area (Å²) in [6.07, 6.45) is 6.34. The number of carbonyl (C=O) groups is 2. The maximum Gasteiger partial charge on any atom is 0.243 e. The summed E-state index contributed by atoms with van der Waals surface area (Å²) < 4.78 is 0. The monoisotopic (exact) mass is 288 g/mol. The molecule has 2 amide bonds. The van der Waals surface area contributed by atoms with Gasteiger partial charge in [-0.1, -0.05) is 38.3 Å². The first-order valence-electron chi connectivity index (χ1n) is 7.85. The van der Waals surface area contributed by atoms with Crippen LogP contribution in [0.4, 0.5) is 5.69 Å². The van der Waals surface area contributed by atoms with Crippen LogP contribution < -0.4 is 10.6 Å². The molecule has 0 spiro atoms. The summed E-state index contributed by atoms with van der Waals surface area (Å²) in [5.41, 5.74) is 2.00. The molecule has 4 nitrogen and oxygen atoms in total. The Morgan fingerprint density at radius 1 is 1.10 bits per heavy atom. The third-order valence-electron chi connectivity index (χ3n) is 4.05. The van der Waals surface area contributed by atoms with E-state index in [1.165, 1.54) is 12.0 Å². The zero-order chi connectivity index (χ0) is 15.1. The van der Waals surface area contributed by atoms with Gasteiger partial charge in [-0.05, 0) is 37.0 Å². The van der Waals surface area contributed by atoms with Gasteiger partial charge in [0.25, 0.3) is 0 Å². The SMILES string of the molecule is CCc1ccc(NC(=O)CNC(=O)C2CCCCC2)cc1. The van der Waals surface area contributed by atoms with Crippen molar-refractivity contribution < 1.29 is 9.59 Å². The van der Waals surface area contributed by atoms with E-state index in [1.807, 2.05) is 24.3 Å². The number of hydrogen-bond donors (Lipinski definition) is 2. The van der Waals surface area contributed by atoms with Crippen LogP contribution in [0.1, 0.15) is 44.6 Å². The fourth-order valence-electron chi connectivity index (χ4n) is 2.71. The minimum Gasteiger partial charge on any atom is -0.347 e. The van der Waals surface area contributed by atoms with Crippen LogP contribution in [-0.2, 0) is 16.0 Å². The second kappa shape index (κ2) is 7.81. The van der Waals surface area contributed by atoms with Gasteiger partial charge >= 0.3 is 0 Å². The third kappa shape index (κ3) is 4.88. The van der Waals surface area contributed by atoms with E-state index in [0.717, 1.165) is 37.8 Å². The predicted octanol–water partition coefficient (Wildman–Crippen LogP) is 2.88. The Morgan fingerprint density at radius 2 is 1.76 bits per heavy atom. The summed E-state index contributed by atoms with van der Waals surface area (Å²) >= 11 is 0. The van der Waals surface area contributed by atoms with E-state index >= 15 is 0 Å². The van der Waals surface area contributed by atoms with Crippen LogP contribution in [-0.4, -0.2) is 18.4 Å². The molecule has 1 saturated carbocycles. The number of anilines is 1. The Kier molecular flexibility index (Phi) is 5.78. The van der Waals surface area contributed by atoms with E-state index in [4.69, 9.17) is 0 Å². The van der Waals surface area contributed by atoms with Gasteiger partial charge in [0.2, 0.25) is 11.8 Å². The molecule has 0 aliphatic heterocycles.